The number of esters is 1. The normalized spacial score (nSPS) is 36.4. The summed E-state index contributed by atoms with van der Waals surface area (Å²) in [6.45, 7) is -1.32. The Bertz CT molecular complexity index is 1110. The van der Waals surface area contributed by atoms with E-state index in [2.05, 4.69) is 0 Å². The highest BCUT2D eigenvalue weighted by Crippen LogP contribution is 2.45. The first-order chi connectivity index (χ1) is 18.0. The number of hydrogen-bond acceptors (Lipinski definition) is 12. The fourth-order valence-electron chi connectivity index (χ4n) is 4.57. The third kappa shape index (κ3) is 5.59. The van der Waals surface area contributed by atoms with Crippen LogP contribution in [0.25, 0.3) is 6.08 Å². The maximum atomic E-state index is 12.3. The zero-order chi connectivity index (χ0) is 27.6. The number of aliphatic hydroxyl groups excluding tert-OH is 4. The van der Waals surface area contributed by atoms with Crippen LogP contribution in [0.1, 0.15) is 5.56 Å². The highest BCUT2D eigenvalue weighted by Gasteiger charge is 2.56. The first-order valence-electron chi connectivity index (χ1n) is 11.6. The van der Waals surface area contributed by atoms with E-state index in [9.17, 15) is 45.3 Å². The lowest BCUT2D eigenvalue weighted by Gasteiger charge is -2.44. The third-order valence-corrected chi connectivity index (χ3v) is 6.65. The molecule has 1 aromatic carbocycles. The van der Waals surface area contributed by atoms with E-state index in [4.69, 9.17) is 18.9 Å². The Morgan fingerprint density at radius 3 is 2.42 bits per heavy atom. The smallest absolute Gasteiger partial charge is 0.335 e. The number of benzene rings is 1. The maximum Gasteiger partial charge on any atom is 0.335 e. The minimum Gasteiger partial charge on any atom is -0.508 e. The standard InChI is InChI=1S/C25H28O13/c26-9-16-19(29)20(30)21(31)24(37-16)38-23-18-14(15(10-35-23)22(32)33)7-8-25(18,34)11-36-17(28)6-3-12-1-4-13(27)5-2-12/h1-8,10,14,16,18-21,23-24,26-27,29-31,34H,9,11H2,(H,32,33)/t14-,16+,18+,19+,20-,21+,23+,24-,25-/m0/s1. The van der Waals surface area contributed by atoms with Gasteiger partial charge in [-0.3, -0.25) is 0 Å². The minimum atomic E-state index is -1.97. The predicted molar refractivity (Wildman–Crippen MR) is 125 cm³/mol. The number of allylic oxidation sites excluding steroid dienone is 1. The van der Waals surface area contributed by atoms with Crippen molar-refractivity contribution >= 4 is 18.0 Å². The lowest BCUT2D eigenvalue weighted by molar-refractivity contribution is -0.346. The first kappa shape index (κ1) is 27.7. The van der Waals surface area contributed by atoms with E-state index in [0.717, 1.165) is 12.3 Å². The van der Waals surface area contributed by atoms with Crippen LogP contribution in [-0.2, 0) is 28.5 Å². The SMILES string of the molecule is O=C(C=Cc1ccc(O)cc1)OC[C@@]1(O)C=C[C@H]2C(C(=O)O)=CO[C@H](O[C@@H]3O[C@H](CO)[C@@H](O)[C@H](O)[C@H]3O)[C@@H]21. The molecule has 13 nitrogen and oxygen atoms in total. The molecule has 1 fully saturated rings. The van der Waals surface area contributed by atoms with Gasteiger partial charge in [-0.1, -0.05) is 24.3 Å². The van der Waals surface area contributed by atoms with Gasteiger partial charge < -0.3 is 54.7 Å². The van der Waals surface area contributed by atoms with Crippen LogP contribution in [0.4, 0.5) is 0 Å². The number of carbonyl (C=O) groups is 2. The summed E-state index contributed by atoms with van der Waals surface area (Å²) >= 11 is 0. The number of carbonyl (C=O) groups excluding carboxylic acids is 1. The largest absolute Gasteiger partial charge is 0.508 e. The van der Waals surface area contributed by atoms with Crippen molar-refractivity contribution in [2.24, 2.45) is 11.8 Å². The number of aliphatic carboxylic acids is 1. The molecule has 1 aromatic rings. The molecule has 0 bridgehead atoms. The van der Waals surface area contributed by atoms with Crippen molar-refractivity contribution < 1.29 is 64.3 Å². The maximum absolute atomic E-state index is 12.3. The van der Waals surface area contributed by atoms with Crippen LogP contribution in [0.5, 0.6) is 5.75 Å². The second-order valence-corrected chi connectivity index (χ2v) is 9.15. The van der Waals surface area contributed by atoms with Gasteiger partial charge >= 0.3 is 11.9 Å². The molecule has 3 aliphatic rings. The van der Waals surface area contributed by atoms with Gasteiger partial charge in [0.05, 0.1) is 24.4 Å². The summed E-state index contributed by atoms with van der Waals surface area (Å²) in [6, 6.07) is 6.00. The van der Waals surface area contributed by atoms with Crippen LogP contribution in [-0.4, -0.2) is 103 Å². The van der Waals surface area contributed by atoms with Crippen molar-refractivity contribution in [1.29, 1.82) is 0 Å². The van der Waals surface area contributed by atoms with Crippen LogP contribution in [0, 0.1) is 11.8 Å². The quantitative estimate of drug-likeness (QED) is 0.116. The van der Waals surface area contributed by atoms with Crippen LogP contribution in [0.3, 0.4) is 0 Å². The lowest BCUT2D eigenvalue weighted by Crippen LogP contribution is -2.61. The summed E-state index contributed by atoms with van der Waals surface area (Å²) in [5.74, 6) is -4.23. The molecular formula is C25H28O13. The lowest BCUT2D eigenvalue weighted by atomic mass is 9.79. The minimum absolute atomic E-state index is 0.0551. The molecule has 0 unspecified atom stereocenters. The van der Waals surface area contributed by atoms with Gasteiger partial charge in [-0.15, -0.1) is 0 Å². The molecule has 2 heterocycles. The molecule has 38 heavy (non-hydrogen) atoms. The van der Waals surface area contributed by atoms with Crippen molar-refractivity contribution in [3.63, 3.8) is 0 Å². The van der Waals surface area contributed by atoms with Gasteiger partial charge in [0.2, 0.25) is 6.29 Å². The molecule has 13 heteroatoms. The number of carboxylic acids is 1. The van der Waals surface area contributed by atoms with Crippen LogP contribution in [0.15, 0.2) is 54.3 Å². The van der Waals surface area contributed by atoms with Crippen molar-refractivity contribution in [3.8, 4) is 5.75 Å². The molecule has 7 N–H and O–H groups in total. The molecule has 9 atom stereocenters. The molecular weight excluding hydrogens is 508 g/mol. The number of ether oxygens (including phenoxy) is 4. The summed E-state index contributed by atoms with van der Waals surface area (Å²) in [4.78, 5) is 24.1. The Morgan fingerprint density at radius 2 is 1.76 bits per heavy atom. The molecule has 0 radical (unpaired) electrons. The van der Waals surface area contributed by atoms with Gasteiger partial charge in [-0.05, 0) is 23.8 Å². The van der Waals surface area contributed by atoms with E-state index < -0.39 is 79.6 Å². The van der Waals surface area contributed by atoms with Gasteiger partial charge in [0, 0.05) is 12.0 Å². The Balaban J connectivity index is 1.50. The predicted octanol–water partition coefficient (Wildman–Crippen LogP) is -1.38. The number of hydrogen-bond donors (Lipinski definition) is 7. The average Bonchev–Trinajstić information content (AvgIpc) is 3.25. The van der Waals surface area contributed by atoms with Gasteiger partial charge in [0.15, 0.2) is 6.29 Å². The number of aliphatic hydroxyl groups is 5. The van der Waals surface area contributed by atoms with Crippen molar-refractivity contribution in [2.75, 3.05) is 13.2 Å². The molecule has 1 saturated heterocycles. The topological polar surface area (TPSA) is 213 Å². The highest BCUT2D eigenvalue weighted by molar-refractivity contribution is 5.88. The molecule has 0 saturated carbocycles. The van der Waals surface area contributed by atoms with Crippen LogP contribution < -0.4 is 0 Å². The van der Waals surface area contributed by atoms with Crippen molar-refractivity contribution in [2.45, 2.75) is 42.6 Å². The van der Waals surface area contributed by atoms with Gasteiger partial charge in [-0.25, -0.2) is 9.59 Å². The molecule has 2 aliphatic heterocycles. The van der Waals surface area contributed by atoms with E-state index in [-0.39, 0.29) is 11.3 Å². The Kier molecular flexibility index (Phi) is 8.18. The van der Waals surface area contributed by atoms with Crippen LogP contribution in [0.2, 0.25) is 0 Å². The monoisotopic (exact) mass is 536 g/mol. The molecule has 206 valence electrons. The number of aromatic hydroxyl groups is 1. The summed E-state index contributed by atoms with van der Waals surface area (Å²) in [6.07, 6.45) is -3.40. The van der Waals surface area contributed by atoms with Gasteiger partial charge in [0.1, 0.15) is 42.4 Å². The van der Waals surface area contributed by atoms with Crippen LogP contribution >= 0.6 is 0 Å². The molecule has 0 spiro atoms. The number of fused-ring (bicyclic) bond motifs is 1. The van der Waals surface area contributed by atoms with E-state index in [0.29, 0.717) is 5.56 Å². The van der Waals surface area contributed by atoms with Gasteiger partial charge in [-0.2, -0.15) is 0 Å². The zero-order valence-corrected chi connectivity index (χ0v) is 19.8. The zero-order valence-electron chi connectivity index (χ0n) is 19.8. The van der Waals surface area contributed by atoms with E-state index in [1.54, 1.807) is 12.1 Å². The molecule has 1 aliphatic carbocycles. The van der Waals surface area contributed by atoms with E-state index >= 15 is 0 Å². The Morgan fingerprint density at radius 1 is 1.05 bits per heavy atom. The average molecular weight is 536 g/mol. The Hall–Kier alpha value is -3.30. The molecule has 4 rings (SSSR count). The third-order valence-electron chi connectivity index (χ3n) is 6.65. The molecule has 0 aromatic heterocycles. The second kappa shape index (κ2) is 11.2. The molecule has 0 amide bonds. The van der Waals surface area contributed by atoms with E-state index in [1.807, 2.05) is 0 Å². The summed E-state index contributed by atoms with van der Waals surface area (Å²) < 4.78 is 21.6. The number of phenolic OH excluding ortho intramolecular Hbond substituents is 1. The number of carboxylic acid groups (broad SMARTS) is 1. The Labute approximate surface area is 216 Å². The summed E-state index contributed by atoms with van der Waals surface area (Å²) in [5, 5.41) is 70.1. The highest BCUT2D eigenvalue weighted by atomic mass is 16.8. The van der Waals surface area contributed by atoms with Crippen molar-refractivity contribution in [1.82, 2.24) is 0 Å². The first-order valence-corrected chi connectivity index (χ1v) is 11.6. The number of phenols is 1. The summed E-state index contributed by atoms with van der Waals surface area (Å²) in [7, 11) is 0. The summed E-state index contributed by atoms with van der Waals surface area (Å²) in [5.41, 5.74) is -1.58. The van der Waals surface area contributed by atoms with E-state index in [1.165, 1.54) is 30.4 Å². The fraction of sp³-hybridized carbons (Fsp3) is 0.440. The van der Waals surface area contributed by atoms with Crippen molar-refractivity contribution in [3.05, 3.63) is 59.9 Å². The van der Waals surface area contributed by atoms with Gasteiger partial charge in [0.25, 0.3) is 0 Å². The number of rotatable bonds is 8. The fourth-order valence-corrected chi connectivity index (χ4v) is 4.57. The second-order valence-electron chi connectivity index (χ2n) is 9.15.